The predicted molar refractivity (Wildman–Crippen MR) is 75.2 cm³/mol. The third kappa shape index (κ3) is 2.36. The summed E-state index contributed by atoms with van der Waals surface area (Å²) in [5, 5.41) is 0.274. The van der Waals surface area contributed by atoms with Crippen LogP contribution >= 0.6 is 11.3 Å². The highest BCUT2D eigenvalue weighted by Gasteiger charge is 2.22. The van der Waals surface area contributed by atoms with E-state index in [1.54, 1.807) is 13.0 Å². The third-order valence-corrected chi connectivity index (χ3v) is 3.69. The number of methoxy groups -OCH3 is 3. The van der Waals surface area contributed by atoms with Crippen molar-refractivity contribution in [3.63, 3.8) is 0 Å². The number of hydrogen-bond acceptors (Lipinski definition) is 7. The molecule has 108 valence electrons. The molecular weight excluding hydrogens is 282 g/mol. The predicted octanol–water partition coefficient (Wildman–Crippen LogP) is 2.50. The molecule has 2 rings (SSSR count). The van der Waals surface area contributed by atoms with Crippen LogP contribution in [0.5, 0.6) is 17.2 Å². The molecule has 0 saturated carbocycles. The smallest absolute Gasteiger partial charge is 0.367 e. The molecule has 6 nitrogen and oxygen atoms in total. The Morgan fingerprint density at radius 1 is 1.20 bits per heavy atom. The molecule has 0 radical (unpaired) electrons. The van der Waals surface area contributed by atoms with Crippen molar-refractivity contribution in [3.8, 4) is 17.2 Å². The number of rotatable bonds is 5. The van der Waals surface area contributed by atoms with Crippen molar-refractivity contribution in [2.45, 2.75) is 6.92 Å². The molecule has 0 saturated heterocycles. The number of benzene rings is 1. The average molecular weight is 297 g/mol. The van der Waals surface area contributed by atoms with Gasteiger partial charge in [-0.15, -0.1) is 11.3 Å². The Labute approximate surface area is 120 Å². The first kappa shape index (κ1) is 14.4. The van der Waals surface area contributed by atoms with Gasteiger partial charge in [-0.25, -0.2) is 9.78 Å². The molecular formula is C13H15NO5S. The zero-order chi connectivity index (χ0) is 14.7. The lowest BCUT2D eigenvalue weighted by Gasteiger charge is -2.11. The van der Waals surface area contributed by atoms with Crippen molar-refractivity contribution in [1.29, 1.82) is 0 Å². The summed E-state index contributed by atoms with van der Waals surface area (Å²) in [4.78, 5) is 16.0. The molecule has 0 unspecified atom stereocenters. The van der Waals surface area contributed by atoms with Crippen molar-refractivity contribution < 1.29 is 23.7 Å². The van der Waals surface area contributed by atoms with E-state index in [-0.39, 0.29) is 5.01 Å². The molecule has 0 N–H and O–H groups in total. The van der Waals surface area contributed by atoms with Crippen LogP contribution < -0.4 is 14.2 Å². The van der Waals surface area contributed by atoms with E-state index in [0.29, 0.717) is 34.1 Å². The summed E-state index contributed by atoms with van der Waals surface area (Å²) < 4.78 is 21.6. The van der Waals surface area contributed by atoms with Crippen LogP contribution in [0, 0.1) is 0 Å². The van der Waals surface area contributed by atoms with E-state index in [9.17, 15) is 4.79 Å². The second-order valence-corrected chi connectivity index (χ2v) is 4.73. The number of fused-ring (bicyclic) bond motifs is 1. The molecule has 0 aliphatic carbocycles. The highest BCUT2D eigenvalue weighted by Crippen LogP contribution is 2.45. The van der Waals surface area contributed by atoms with E-state index in [1.165, 1.54) is 32.7 Å². The minimum atomic E-state index is -0.450. The summed E-state index contributed by atoms with van der Waals surface area (Å²) in [7, 11) is 4.59. The summed E-state index contributed by atoms with van der Waals surface area (Å²) >= 11 is 1.20. The second-order valence-electron chi connectivity index (χ2n) is 3.73. The van der Waals surface area contributed by atoms with Crippen LogP contribution in [0.15, 0.2) is 6.07 Å². The van der Waals surface area contributed by atoms with Gasteiger partial charge in [0, 0.05) is 6.07 Å². The summed E-state index contributed by atoms with van der Waals surface area (Å²) in [6.07, 6.45) is 0. The normalized spacial score (nSPS) is 10.4. The lowest BCUT2D eigenvalue weighted by molar-refractivity contribution is 0.0526. The summed E-state index contributed by atoms with van der Waals surface area (Å²) in [6, 6.07) is 1.70. The SMILES string of the molecule is CCOC(=O)c1nc2cc(OC)c(OC)c(OC)c2s1. The van der Waals surface area contributed by atoms with Crippen LogP contribution in [0.2, 0.25) is 0 Å². The van der Waals surface area contributed by atoms with Crippen molar-refractivity contribution in [2.24, 2.45) is 0 Å². The van der Waals surface area contributed by atoms with E-state index >= 15 is 0 Å². The molecule has 1 heterocycles. The lowest BCUT2D eigenvalue weighted by atomic mass is 10.2. The van der Waals surface area contributed by atoms with Crippen molar-refractivity contribution in [2.75, 3.05) is 27.9 Å². The van der Waals surface area contributed by atoms with Gasteiger partial charge in [-0.3, -0.25) is 0 Å². The van der Waals surface area contributed by atoms with Crippen molar-refractivity contribution in [1.82, 2.24) is 4.98 Å². The topological polar surface area (TPSA) is 66.9 Å². The lowest BCUT2D eigenvalue weighted by Crippen LogP contribution is -2.03. The van der Waals surface area contributed by atoms with E-state index in [0.717, 1.165) is 0 Å². The molecule has 1 aromatic heterocycles. The number of ether oxygens (including phenoxy) is 4. The maximum Gasteiger partial charge on any atom is 0.367 e. The molecule has 0 spiro atoms. The zero-order valence-electron chi connectivity index (χ0n) is 11.7. The number of nitrogens with zero attached hydrogens (tertiary/aromatic N) is 1. The van der Waals surface area contributed by atoms with Crippen LogP contribution in [0.4, 0.5) is 0 Å². The highest BCUT2D eigenvalue weighted by atomic mass is 32.1. The average Bonchev–Trinajstić information content (AvgIpc) is 2.88. The van der Waals surface area contributed by atoms with E-state index < -0.39 is 5.97 Å². The van der Waals surface area contributed by atoms with Gasteiger partial charge in [-0.2, -0.15) is 0 Å². The van der Waals surface area contributed by atoms with Crippen molar-refractivity contribution >= 4 is 27.5 Å². The molecule has 0 bridgehead atoms. The van der Waals surface area contributed by atoms with Crippen LogP contribution in [0.1, 0.15) is 16.7 Å². The fraction of sp³-hybridized carbons (Fsp3) is 0.385. The van der Waals surface area contributed by atoms with Gasteiger partial charge >= 0.3 is 5.97 Å². The van der Waals surface area contributed by atoms with Gasteiger partial charge in [-0.05, 0) is 6.92 Å². The molecule has 0 aliphatic rings. The molecule has 20 heavy (non-hydrogen) atoms. The molecule has 1 aromatic carbocycles. The first-order chi connectivity index (χ1) is 9.65. The van der Waals surface area contributed by atoms with Gasteiger partial charge in [0.25, 0.3) is 0 Å². The number of aromatic nitrogens is 1. The Kier molecular flexibility index (Phi) is 4.29. The summed E-state index contributed by atoms with van der Waals surface area (Å²) in [5.74, 6) is 1.02. The number of thiazole rings is 1. The largest absolute Gasteiger partial charge is 0.493 e. The van der Waals surface area contributed by atoms with Crippen LogP contribution in [0.25, 0.3) is 10.2 Å². The number of carbonyl (C=O) groups excluding carboxylic acids is 1. The molecule has 0 atom stereocenters. The number of hydrogen-bond donors (Lipinski definition) is 0. The molecule has 7 heteroatoms. The zero-order valence-corrected chi connectivity index (χ0v) is 12.5. The Morgan fingerprint density at radius 2 is 1.90 bits per heavy atom. The minimum Gasteiger partial charge on any atom is -0.493 e. The van der Waals surface area contributed by atoms with Gasteiger partial charge in [0.05, 0.1) is 33.5 Å². The molecule has 0 amide bonds. The summed E-state index contributed by atoms with van der Waals surface area (Å²) in [5.41, 5.74) is 0.604. The maximum atomic E-state index is 11.7. The molecule has 0 fully saturated rings. The molecule has 2 aromatic rings. The minimum absolute atomic E-state index is 0.274. The fourth-order valence-electron chi connectivity index (χ4n) is 1.81. The van der Waals surface area contributed by atoms with Crippen molar-refractivity contribution in [3.05, 3.63) is 11.1 Å². The second kappa shape index (κ2) is 5.96. The van der Waals surface area contributed by atoms with Crippen LogP contribution in [-0.4, -0.2) is 38.9 Å². The number of carbonyl (C=O) groups is 1. The molecule has 0 aliphatic heterocycles. The van der Waals surface area contributed by atoms with Gasteiger partial charge in [-0.1, -0.05) is 0 Å². The standard InChI is InChI=1S/C13H15NO5S/c1-5-19-13(15)12-14-7-6-8(16-2)9(17-3)10(18-4)11(7)20-12/h6H,5H2,1-4H3. The first-order valence-electron chi connectivity index (χ1n) is 5.92. The third-order valence-electron chi connectivity index (χ3n) is 2.64. The monoisotopic (exact) mass is 297 g/mol. The fourth-order valence-corrected chi connectivity index (χ4v) is 2.77. The van der Waals surface area contributed by atoms with Gasteiger partial charge in [0.15, 0.2) is 11.5 Å². The quantitative estimate of drug-likeness (QED) is 0.790. The maximum absolute atomic E-state index is 11.7. The number of esters is 1. The van der Waals surface area contributed by atoms with E-state index in [2.05, 4.69) is 4.98 Å². The van der Waals surface area contributed by atoms with E-state index in [1.807, 2.05) is 0 Å². The summed E-state index contributed by atoms with van der Waals surface area (Å²) in [6.45, 7) is 2.05. The van der Waals surface area contributed by atoms with Gasteiger partial charge in [0.1, 0.15) is 4.70 Å². The van der Waals surface area contributed by atoms with E-state index in [4.69, 9.17) is 18.9 Å². The van der Waals surface area contributed by atoms with Gasteiger partial charge in [0.2, 0.25) is 10.8 Å². The Hall–Kier alpha value is -2.02. The van der Waals surface area contributed by atoms with Crippen LogP contribution in [-0.2, 0) is 4.74 Å². The Morgan fingerprint density at radius 3 is 2.45 bits per heavy atom. The van der Waals surface area contributed by atoms with Gasteiger partial charge < -0.3 is 18.9 Å². The highest BCUT2D eigenvalue weighted by molar-refractivity contribution is 7.20. The first-order valence-corrected chi connectivity index (χ1v) is 6.74. The Bertz CT molecular complexity index is 637. The van der Waals surface area contributed by atoms with Crippen LogP contribution in [0.3, 0.4) is 0 Å². The Balaban J connectivity index is 2.64.